The van der Waals surface area contributed by atoms with Gasteiger partial charge in [0.2, 0.25) is 5.91 Å². The minimum atomic E-state index is -5.08. The molecule has 1 fully saturated rings. The Bertz CT molecular complexity index is 1310. The first kappa shape index (κ1) is 26.1. The van der Waals surface area contributed by atoms with Crippen molar-refractivity contribution in [2.45, 2.75) is 24.9 Å². The predicted octanol–water partition coefficient (Wildman–Crippen LogP) is 2.18. The van der Waals surface area contributed by atoms with Gasteiger partial charge in [-0.25, -0.2) is 22.7 Å². The van der Waals surface area contributed by atoms with Crippen LogP contribution in [-0.4, -0.2) is 81.2 Å². The molecule has 1 aliphatic heterocycles. The van der Waals surface area contributed by atoms with Crippen LogP contribution in [0.5, 0.6) is 0 Å². The van der Waals surface area contributed by atoms with Crippen molar-refractivity contribution in [3.8, 4) is 11.1 Å². The largest absolute Gasteiger partial charge is 0.490 e. The number of nitrogens with zero attached hydrogens (tertiary/aromatic N) is 5. The second-order valence-electron chi connectivity index (χ2n) is 7.98. The van der Waals surface area contributed by atoms with Crippen molar-refractivity contribution in [1.82, 2.24) is 24.5 Å². The molecule has 0 spiro atoms. The van der Waals surface area contributed by atoms with Gasteiger partial charge >= 0.3 is 12.1 Å². The van der Waals surface area contributed by atoms with E-state index in [1.807, 2.05) is 30.5 Å². The number of likely N-dealkylation sites (tertiary alicyclic amines) is 1. The lowest BCUT2D eigenvalue weighted by molar-refractivity contribution is -0.192. The molecule has 35 heavy (non-hydrogen) atoms. The summed E-state index contributed by atoms with van der Waals surface area (Å²) in [5.74, 6) is -2.88. The van der Waals surface area contributed by atoms with Crippen LogP contribution in [0.2, 0.25) is 0 Å². The molecule has 1 saturated heterocycles. The van der Waals surface area contributed by atoms with Crippen LogP contribution in [0, 0.1) is 0 Å². The van der Waals surface area contributed by atoms with E-state index in [0.717, 1.165) is 35.9 Å². The Labute approximate surface area is 198 Å². The summed E-state index contributed by atoms with van der Waals surface area (Å²) >= 11 is 0. The number of carboxylic acids is 1. The molecule has 0 aromatic carbocycles. The third kappa shape index (κ3) is 7.21. The molecule has 1 unspecified atom stereocenters. The topological polar surface area (TPSA) is 135 Å². The van der Waals surface area contributed by atoms with Crippen molar-refractivity contribution < 1.29 is 36.3 Å². The molecule has 1 atom stereocenters. The van der Waals surface area contributed by atoms with E-state index in [1.165, 1.54) is 0 Å². The fourth-order valence-electron chi connectivity index (χ4n) is 3.51. The lowest BCUT2D eigenvalue weighted by Gasteiger charge is -2.31. The average molecular weight is 513 g/mol. The first-order valence-electron chi connectivity index (χ1n) is 10.4. The molecule has 3 aromatic heterocycles. The maximum Gasteiger partial charge on any atom is 0.490 e. The molecule has 3 aromatic rings. The van der Waals surface area contributed by atoms with Crippen molar-refractivity contribution in [1.29, 1.82) is 0 Å². The zero-order chi connectivity index (χ0) is 25.8. The summed E-state index contributed by atoms with van der Waals surface area (Å²) in [5.41, 5.74) is 2.73. The summed E-state index contributed by atoms with van der Waals surface area (Å²) in [5, 5.41) is 11.7. The Morgan fingerprint density at radius 3 is 2.51 bits per heavy atom. The van der Waals surface area contributed by atoms with Crippen molar-refractivity contribution in [2.24, 2.45) is 0 Å². The Morgan fingerprint density at radius 1 is 1.20 bits per heavy atom. The number of aromatic nitrogens is 4. The molecule has 0 aliphatic carbocycles. The molecule has 188 valence electrons. The summed E-state index contributed by atoms with van der Waals surface area (Å²) in [4.78, 5) is 31.5. The van der Waals surface area contributed by atoms with E-state index in [9.17, 15) is 26.4 Å². The normalized spacial score (nSPS) is 16.5. The van der Waals surface area contributed by atoms with E-state index in [-0.39, 0.29) is 11.8 Å². The molecule has 0 saturated carbocycles. The predicted molar refractivity (Wildman–Crippen MR) is 118 cm³/mol. The highest BCUT2D eigenvalue weighted by molar-refractivity contribution is 7.91. The Kier molecular flexibility index (Phi) is 7.73. The fourth-order valence-corrected chi connectivity index (χ4v) is 4.14. The molecule has 10 nitrogen and oxygen atoms in total. The number of fused-ring (bicyclic) bond motifs is 1. The third-order valence-corrected chi connectivity index (χ3v) is 5.88. The summed E-state index contributed by atoms with van der Waals surface area (Å²) < 4.78 is 56.3. The van der Waals surface area contributed by atoms with Crippen molar-refractivity contribution in [3.63, 3.8) is 0 Å². The van der Waals surface area contributed by atoms with E-state index in [4.69, 9.17) is 9.90 Å². The number of alkyl halides is 3. The van der Waals surface area contributed by atoms with Gasteiger partial charge in [-0.15, -0.1) is 0 Å². The molecule has 1 aliphatic rings. The first-order valence-corrected chi connectivity index (χ1v) is 12.4. The summed E-state index contributed by atoms with van der Waals surface area (Å²) in [6, 6.07) is 7.76. The number of amides is 1. The Hall–Kier alpha value is -3.55. The highest BCUT2D eigenvalue weighted by Crippen LogP contribution is 2.26. The van der Waals surface area contributed by atoms with Crippen LogP contribution in [0.15, 0.2) is 42.9 Å². The maximum absolute atomic E-state index is 12.3. The molecule has 1 amide bonds. The summed E-state index contributed by atoms with van der Waals surface area (Å²) in [6.45, 7) is 1.02. The number of carboxylic acid groups (broad SMARTS) is 1. The number of hydrogen-bond acceptors (Lipinski definition) is 7. The van der Waals surface area contributed by atoms with Crippen molar-refractivity contribution in [2.75, 3.05) is 25.1 Å². The third-order valence-electron chi connectivity index (χ3n) is 5.11. The second-order valence-corrected chi connectivity index (χ2v) is 10.1. The van der Waals surface area contributed by atoms with Crippen LogP contribution in [0.25, 0.3) is 16.8 Å². The van der Waals surface area contributed by atoms with E-state index in [0.29, 0.717) is 18.9 Å². The van der Waals surface area contributed by atoms with Gasteiger partial charge in [-0.05, 0) is 31.0 Å². The van der Waals surface area contributed by atoms with Crippen LogP contribution < -0.4 is 0 Å². The number of sulfone groups is 1. The standard InChI is InChI=1S/C19H21N5O3S.C2HF3O2/c1-28(26,27)13-18(25)23-9-3-5-16(11-23)19-21-17-7-6-15(12-24(17)22-19)14-4-2-8-20-10-14;3-2(4,5)1(6)7/h2,4,6-8,10,12,16H,3,5,9,11,13H2,1H3;(H,6,7). The van der Waals surface area contributed by atoms with E-state index >= 15 is 0 Å². The second kappa shape index (κ2) is 10.4. The zero-order valence-corrected chi connectivity index (χ0v) is 19.3. The van der Waals surface area contributed by atoms with E-state index in [1.54, 1.807) is 21.8 Å². The molecule has 1 N–H and O–H groups in total. The molecule has 4 rings (SSSR count). The smallest absolute Gasteiger partial charge is 0.475 e. The number of rotatable bonds is 4. The van der Waals surface area contributed by atoms with E-state index < -0.39 is 27.7 Å². The monoisotopic (exact) mass is 513 g/mol. The quantitative estimate of drug-likeness (QED) is 0.561. The number of piperidine rings is 1. The Morgan fingerprint density at radius 2 is 1.91 bits per heavy atom. The number of pyridine rings is 2. The van der Waals surface area contributed by atoms with Gasteiger partial charge in [0.25, 0.3) is 0 Å². The SMILES string of the molecule is CS(=O)(=O)CC(=O)N1CCCC(c2nc3ccc(-c4cccnc4)cn3n2)C1.O=C(O)C(F)(F)F. The average Bonchev–Trinajstić information content (AvgIpc) is 3.22. The van der Waals surface area contributed by atoms with E-state index in [2.05, 4.69) is 15.1 Å². The zero-order valence-electron chi connectivity index (χ0n) is 18.5. The van der Waals surface area contributed by atoms with Crippen LogP contribution in [-0.2, 0) is 19.4 Å². The van der Waals surface area contributed by atoms with Crippen LogP contribution in [0.1, 0.15) is 24.6 Å². The van der Waals surface area contributed by atoms with Gasteiger partial charge in [0, 0.05) is 55.0 Å². The lowest BCUT2D eigenvalue weighted by Crippen LogP contribution is -2.42. The Balaban J connectivity index is 0.000000429. The molecule has 0 radical (unpaired) electrons. The minimum Gasteiger partial charge on any atom is -0.475 e. The number of hydrogen-bond donors (Lipinski definition) is 1. The van der Waals surface area contributed by atoms with Crippen LogP contribution in [0.3, 0.4) is 0 Å². The first-order chi connectivity index (χ1) is 16.3. The number of carbonyl (C=O) groups excluding carboxylic acids is 1. The van der Waals surface area contributed by atoms with Gasteiger partial charge in [0.05, 0.1) is 0 Å². The van der Waals surface area contributed by atoms with Gasteiger partial charge in [-0.3, -0.25) is 9.78 Å². The molecular formula is C21H22F3N5O5S. The van der Waals surface area contributed by atoms with Gasteiger partial charge in [-0.1, -0.05) is 6.07 Å². The lowest BCUT2D eigenvalue weighted by atomic mass is 9.97. The van der Waals surface area contributed by atoms with Gasteiger partial charge in [0.1, 0.15) is 5.75 Å². The summed E-state index contributed by atoms with van der Waals surface area (Å²) in [6.07, 6.45) is 3.11. The number of aliphatic carboxylic acids is 1. The van der Waals surface area contributed by atoms with Crippen molar-refractivity contribution >= 4 is 27.4 Å². The molecule has 0 bridgehead atoms. The highest BCUT2D eigenvalue weighted by Gasteiger charge is 2.38. The number of halogens is 3. The highest BCUT2D eigenvalue weighted by atomic mass is 32.2. The fraction of sp³-hybridized carbons (Fsp3) is 0.381. The van der Waals surface area contributed by atoms with Gasteiger partial charge in [0.15, 0.2) is 21.3 Å². The molecular weight excluding hydrogens is 491 g/mol. The number of carbonyl (C=O) groups is 2. The molecule has 14 heteroatoms. The van der Waals surface area contributed by atoms with Crippen molar-refractivity contribution in [3.05, 3.63) is 48.7 Å². The van der Waals surface area contributed by atoms with Gasteiger partial charge < -0.3 is 10.0 Å². The minimum absolute atomic E-state index is 0.000924. The molecule has 4 heterocycles. The van der Waals surface area contributed by atoms with Gasteiger partial charge in [-0.2, -0.15) is 18.3 Å². The summed E-state index contributed by atoms with van der Waals surface area (Å²) in [7, 11) is -3.34. The maximum atomic E-state index is 12.3. The van der Waals surface area contributed by atoms with Crippen LogP contribution in [0.4, 0.5) is 13.2 Å². The van der Waals surface area contributed by atoms with Crippen LogP contribution >= 0.6 is 0 Å².